The lowest BCUT2D eigenvalue weighted by Crippen LogP contribution is -2.22. The Bertz CT molecular complexity index is 790. The van der Waals surface area contributed by atoms with Crippen LogP contribution in [0.1, 0.15) is 22.8 Å². The Balaban J connectivity index is 2.29. The van der Waals surface area contributed by atoms with E-state index in [4.69, 9.17) is 21.1 Å². The van der Waals surface area contributed by atoms with Gasteiger partial charge >= 0.3 is 0 Å². The molecule has 0 saturated carbocycles. The second-order valence-electron chi connectivity index (χ2n) is 4.86. The highest BCUT2D eigenvalue weighted by molar-refractivity contribution is 6.33. The molecule has 7 heteroatoms. The van der Waals surface area contributed by atoms with Crippen LogP contribution in [0.15, 0.2) is 41.5 Å². The van der Waals surface area contributed by atoms with Crippen molar-refractivity contribution in [1.29, 1.82) is 0 Å². The molecular weight excluding hydrogens is 332 g/mol. The normalized spacial score (nSPS) is 11.1. The smallest absolute Gasteiger partial charge is 0.128 e. The molecule has 24 heavy (non-hydrogen) atoms. The van der Waals surface area contributed by atoms with Crippen molar-refractivity contribution in [2.45, 2.75) is 6.92 Å². The van der Waals surface area contributed by atoms with Gasteiger partial charge in [0.05, 0.1) is 31.6 Å². The number of ether oxygens (including phenoxy) is 2. The van der Waals surface area contributed by atoms with Crippen LogP contribution >= 0.6 is 11.6 Å². The van der Waals surface area contributed by atoms with Crippen molar-refractivity contribution in [1.82, 2.24) is 0 Å². The van der Waals surface area contributed by atoms with Gasteiger partial charge in [0.15, 0.2) is 0 Å². The molecule has 6 nitrogen and oxygen atoms in total. The summed E-state index contributed by atoms with van der Waals surface area (Å²) in [4.78, 5) is 11.0. The quantitative estimate of drug-likeness (QED) is 0.641. The van der Waals surface area contributed by atoms with Crippen LogP contribution in [0.3, 0.4) is 0 Å². The van der Waals surface area contributed by atoms with Crippen LogP contribution in [0, 0.1) is 0 Å². The number of hydrogen-bond acceptors (Lipinski definition) is 6. The fourth-order valence-electron chi connectivity index (χ4n) is 2.06. The molecule has 2 aromatic carbocycles. The third-order valence-electron chi connectivity index (χ3n) is 3.34. The minimum absolute atomic E-state index is 0.103. The van der Waals surface area contributed by atoms with Crippen molar-refractivity contribution >= 4 is 29.0 Å². The first-order chi connectivity index (χ1) is 11.5. The first kappa shape index (κ1) is 17.6. The molecule has 1 N–H and O–H groups in total. The minimum atomic E-state index is -1.35. The number of anilines is 1. The summed E-state index contributed by atoms with van der Waals surface area (Å²) in [6.07, 6.45) is 0. The van der Waals surface area contributed by atoms with Gasteiger partial charge in [0, 0.05) is 16.1 Å². The molecule has 0 atom stereocenters. The van der Waals surface area contributed by atoms with Gasteiger partial charge < -0.3 is 19.4 Å². The summed E-state index contributed by atoms with van der Waals surface area (Å²) in [5.74, 6) is -0.0321. The molecule has 0 bridgehead atoms. The molecule has 0 fully saturated rings. The van der Waals surface area contributed by atoms with E-state index in [0.717, 1.165) is 5.56 Å². The van der Waals surface area contributed by atoms with Crippen LogP contribution < -0.4 is 20.0 Å². The summed E-state index contributed by atoms with van der Waals surface area (Å²) < 4.78 is 10.5. The number of carbonyl (C=O) groups excluding carboxylic acids is 1. The molecule has 0 saturated heterocycles. The molecule has 0 spiro atoms. The molecule has 0 aliphatic heterocycles. The Morgan fingerprint density at radius 2 is 1.88 bits per heavy atom. The molecule has 0 aliphatic carbocycles. The number of hydrogen-bond donors (Lipinski definition) is 1. The maximum atomic E-state index is 11.0. The fraction of sp³-hybridized carbons (Fsp3) is 0.176. The van der Waals surface area contributed by atoms with Crippen LogP contribution in [-0.4, -0.2) is 25.9 Å². The van der Waals surface area contributed by atoms with Gasteiger partial charge in [-0.05, 0) is 43.3 Å². The van der Waals surface area contributed by atoms with Crippen LogP contribution in [0.25, 0.3) is 0 Å². The summed E-state index contributed by atoms with van der Waals surface area (Å²) in [6, 6.07) is 9.81. The van der Waals surface area contributed by atoms with E-state index < -0.39 is 5.97 Å². The van der Waals surface area contributed by atoms with Crippen LogP contribution in [-0.2, 0) is 0 Å². The maximum absolute atomic E-state index is 11.0. The SMILES string of the molecule is COc1ccc(OC)c(/C(C)=N\Nc2ccc(Cl)c(C(=O)[O-])c2)c1. The summed E-state index contributed by atoms with van der Waals surface area (Å²) in [5, 5.41) is 15.4. The monoisotopic (exact) mass is 347 g/mol. The molecule has 126 valence electrons. The predicted molar refractivity (Wildman–Crippen MR) is 91.2 cm³/mol. The lowest BCUT2D eigenvalue weighted by atomic mass is 10.1. The van der Waals surface area contributed by atoms with Crippen molar-refractivity contribution in [2.75, 3.05) is 19.6 Å². The summed E-state index contributed by atoms with van der Waals surface area (Å²) in [5.41, 5.74) is 4.55. The number of carbonyl (C=O) groups is 1. The van der Waals surface area contributed by atoms with Crippen molar-refractivity contribution in [2.24, 2.45) is 5.10 Å². The number of aromatic carboxylic acids is 1. The number of benzene rings is 2. The van der Waals surface area contributed by atoms with Crippen LogP contribution in [0.5, 0.6) is 11.5 Å². The second kappa shape index (κ2) is 7.70. The average molecular weight is 348 g/mol. The van der Waals surface area contributed by atoms with E-state index in [1.165, 1.54) is 12.1 Å². The lowest BCUT2D eigenvalue weighted by Gasteiger charge is -2.11. The molecular formula is C17H16ClN2O4-. The van der Waals surface area contributed by atoms with Crippen LogP contribution in [0.2, 0.25) is 5.02 Å². The zero-order valence-electron chi connectivity index (χ0n) is 13.4. The molecule has 2 aromatic rings. The van der Waals surface area contributed by atoms with E-state index in [1.807, 2.05) is 0 Å². The van der Waals surface area contributed by atoms with Gasteiger partial charge in [0.2, 0.25) is 0 Å². The maximum Gasteiger partial charge on any atom is 0.128 e. The summed E-state index contributed by atoms with van der Waals surface area (Å²) >= 11 is 5.81. The zero-order valence-corrected chi connectivity index (χ0v) is 14.2. The largest absolute Gasteiger partial charge is 0.545 e. The molecule has 0 amide bonds. The predicted octanol–water partition coefficient (Wildman–Crippen LogP) is 2.56. The van der Waals surface area contributed by atoms with Gasteiger partial charge in [-0.25, -0.2) is 0 Å². The zero-order chi connectivity index (χ0) is 17.7. The first-order valence-corrected chi connectivity index (χ1v) is 7.37. The van der Waals surface area contributed by atoms with Gasteiger partial charge in [0.1, 0.15) is 11.5 Å². The van der Waals surface area contributed by atoms with Crippen LogP contribution in [0.4, 0.5) is 5.69 Å². The Hall–Kier alpha value is -2.73. The van der Waals surface area contributed by atoms with Crippen molar-refractivity contribution in [3.8, 4) is 11.5 Å². The number of carboxylic acid groups (broad SMARTS) is 1. The van der Waals surface area contributed by atoms with E-state index in [-0.39, 0.29) is 10.6 Å². The van der Waals surface area contributed by atoms with Crippen molar-refractivity contribution < 1.29 is 19.4 Å². The third-order valence-corrected chi connectivity index (χ3v) is 3.67. The van der Waals surface area contributed by atoms with Gasteiger partial charge in [-0.3, -0.25) is 5.43 Å². The Kier molecular flexibility index (Phi) is 5.65. The minimum Gasteiger partial charge on any atom is -0.545 e. The number of carboxylic acids is 1. The van der Waals surface area contributed by atoms with E-state index in [0.29, 0.717) is 22.9 Å². The number of rotatable bonds is 6. The Morgan fingerprint density at radius 1 is 1.12 bits per heavy atom. The molecule has 0 radical (unpaired) electrons. The number of hydrazone groups is 1. The standard InChI is InChI=1S/C17H17ClN2O4/c1-10(13-9-12(23-2)5-7-16(13)24-3)19-20-11-4-6-15(18)14(8-11)17(21)22/h4-9,20H,1-3H3,(H,21,22)/p-1/b19-10-. The number of nitrogens with zero attached hydrogens (tertiary/aromatic N) is 1. The Morgan fingerprint density at radius 3 is 2.50 bits per heavy atom. The molecule has 2 rings (SSSR count). The number of methoxy groups -OCH3 is 2. The highest BCUT2D eigenvalue weighted by Gasteiger charge is 2.09. The van der Waals surface area contributed by atoms with Gasteiger partial charge in [0.25, 0.3) is 0 Å². The number of nitrogens with one attached hydrogen (secondary N) is 1. The third kappa shape index (κ3) is 3.97. The highest BCUT2D eigenvalue weighted by atomic mass is 35.5. The second-order valence-corrected chi connectivity index (χ2v) is 5.26. The topological polar surface area (TPSA) is 83.0 Å². The van der Waals surface area contributed by atoms with E-state index in [9.17, 15) is 9.90 Å². The molecule has 0 aromatic heterocycles. The summed E-state index contributed by atoms with van der Waals surface area (Å²) in [6.45, 7) is 1.79. The van der Waals surface area contributed by atoms with E-state index in [2.05, 4.69) is 10.5 Å². The van der Waals surface area contributed by atoms with Gasteiger partial charge in [-0.15, -0.1) is 0 Å². The number of halogens is 1. The van der Waals surface area contributed by atoms with E-state index in [1.54, 1.807) is 45.4 Å². The summed E-state index contributed by atoms with van der Waals surface area (Å²) in [7, 11) is 3.14. The molecule has 0 unspecified atom stereocenters. The van der Waals surface area contributed by atoms with Crippen molar-refractivity contribution in [3.63, 3.8) is 0 Å². The van der Waals surface area contributed by atoms with Gasteiger partial charge in [-0.2, -0.15) is 5.10 Å². The van der Waals surface area contributed by atoms with Crippen molar-refractivity contribution in [3.05, 3.63) is 52.5 Å². The lowest BCUT2D eigenvalue weighted by molar-refractivity contribution is -0.255. The first-order valence-electron chi connectivity index (χ1n) is 7.00. The van der Waals surface area contributed by atoms with Gasteiger partial charge in [-0.1, -0.05) is 11.6 Å². The molecule has 0 heterocycles. The average Bonchev–Trinajstić information content (AvgIpc) is 2.59. The van der Waals surface area contributed by atoms with E-state index >= 15 is 0 Å². The molecule has 0 aliphatic rings. The highest BCUT2D eigenvalue weighted by Crippen LogP contribution is 2.25. The Labute approximate surface area is 144 Å². The fourth-order valence-corrected chi connectivity index (χ4v) is 2.25.